The van der Waals surface area contributed by atoms with E-state index in [1.807, 2.05) is 18.2 Å². The molecule has 106 valence electrons. The van der Waals surface area contributed by atoms with Gasteiger partial charge in [0.2, 0.25) is 5.82 Å². The molecule has 1 aromatic heterocycles. The van der Waals surface area contributed by atoms with E-state index in [1.165, 1.54) is 6.20 Å². The molecular formula is C13H12N6O2. The van der Waals surface area contributed by atoms with Gasteiger partial charge >= 0.3 is 5.97 Å². The molecule has 0 aliphatic rings. The van der Waals surface area contributed by atoms with Crippen LogP contribution >= 0.6 is 0 Å². The summed E-state index contributed by atoms with van der Waals surface area (Å²) in [6.07, 6.45) is 2.07. The van der Waals surface area contributed by atoms with Crippen molar-refractivity contribution in [2.24, 2.45) is 0 Å². The van der Waals surface area contributed by atoms with E-state index in [2.05, 4.69) is 25.9 Å². The molecule has 8 heteroatoms. The molecule has 2 rings (SSSR count). The summed E-state index contributed by atoms with van der Waals surface area (Å²) in [7, 11) is 0. The third kappa shape index (κ3) is 4.14. The molecule has 0 atom stereocenters. The number of anilines is 1. The van der Waals surface area contributed by atoms with Crippen molar-refractivity contribution in [1.29, 1.82) is 5.26 Å². The van der Waals surface area contributed by atoms with E-state index in [4.69, 9.17) is 10.4 Å². The van der Waals surface area contributed by atoms with Gasteiger partial charge in [-0.15, -0.1) is 10.2 Å². The Morgan fingerprint density at radius 2 is 2.19 bits per heavy atom. The van der Waals surface area contributed by atoms with Gasteiger partial charge in [0.05, 0.1) is 0 Å². The van der Waals surface area contributed by atoms with Crippen LogP contribution in [0, 0.1) is 11.3 Å². The Labute approximate surface area is 120 Å². The second-order valence-corrected chi connectivity index (χ2v) is 4.14. The van der Waals surface area contributed by atoms with Crippen LogP contribution in [0.3, 0.4) is 0 Å². The van der Waals surface area contributed by atoms with Crippen LogP contribution in [-0.4, -0.2) is 31.7 Å². The normalized spacial score (nSPS) is 10.9. The number of aryl methyl sites for hydroxylation is 1. The van der Waals surface area contributed by atoms with Gasteiger partial charge in [-0.1, -0.05) is 12.1 Å². The number of hydrogen-bond acceptors (Lipinski definition) is 6. The number of rotatable bonds is 6. The Hall–Kier alpha value is -3.21. The maximum atomic E-state index is 10.5. The van der Waals surface area contributed by atoms with Crippen molar-refractivity contribution in [3.05, 3.63) is 41.9 Å². The highest BCUT2D eigenvalue weighted by Gasteiger charge is 2.05. The summed E-state index contributed by atoms with van der Waals surface area (Å²) in [5.74, 6) is -0.609. The number of tetrazole rings is 1. The van der Waals surface area contributed by atoms with Crippen LogP contribution in [0.25, 0.3) is 5.57 Å². The van der Waals surface area contributed by atoms with Crippen molar-refractivity contribution in [3.8, 4) is 6.07 Å². The number of carbonyl (C=O) groups is 1. The Kier molecular flexibility index (Phi) is 4.61. The fourth-order valence-corrected chi connectivity index (χ4v) is 1.60. The van der Waals surface area contributed by atoms with Crippen molar-refractivity contribution in [1.82, 2.24) is 20.6 Å². The Balaban J connectivity index is 2.00. The molecule has 0 aliphatic carbocycles. The molecule has 21 heavy (non-hydrogen) atoms. The quantitative estimate of drug-likeness (QED) is 0.680. The third-order valence-corrected chi connectivity index (χ3v) is 2.67. The van der Waals surface area contributed by atoms with Gasteiger partial charge in [-0.05, 0) is 29.3 Å². The monoisotopic (exact) mass is 284 g/mol. The summed E-state index contributed by atoms with van der Waals surface area (Å²) in [5.41, 5.74) is 1.95. The van der Waals surface area contributed by atoms with Gasteiger partial charge in [-0.25, -0.2) is 0 Å². The number of nitriles is 1. The number of aromatic amines is 1. The van der Waals surface area contributed by atoms with Gasteiger partial charge < -0.3 is 10.4 Å². The predicted octanol–water partition coefficient (Wildman–Crippen LogP) is 1.19. The van der Waals surface area contributed by atoms with Gasteiger partial charge in [-0.2, -0.15) is 10.5 Å². The minimum atomic E-state index is -0.820. The Bertz CT molecular complexity index is 670. The Morgan fingerprint density at radius 3 is 2.76 bits per heavy atom. The smallest absolute Gasteiger partial charge is 0.303 e. The standard InChI is InChI=1S/C13H12N6O2/c14-7-10(13-16-18-19-17-13)8-15-11-4-1-9(2-5-11)3-6-12(20)21/h1-2,4-5,8,15H,3,6H2,(H,20,21)(H,16,17,18,19). The lowest BCUT2D eigenvalue weighted by molar-refractivity contribution is -0.136. The molecule has 1 aromatic carbocycles. The molecule has 0 saturated heterocycles. The number of benzene rings is 1. The number of nitrogens with zero attached hydrogens (tertiary/aromatic N) is 4. The number of hydrogen-bond donors (Lipinski definition) is 3. The number of nitrogens with one attached hydrogen (secondary N) is 2. The van der Waals surface area contributed by atoms with E-state index >= 15 is 0 Å². The van der Waals surface area contributed by atoms with Crippen LogP contribution in [0.5, 0.6) is 0 Å². The first-order valence-electron chi connectivity index (χ1n) is 6.10. The lowest BCUT2D eigenvalue weighted by Crippen LogP contribution is -1.97. The summed E-state index contributed by atoms with van der Waals surface area (Å²) < 4.78 is 0. The second kappa shape index (κ2) is 6.81. The van der Waals surface area contributed by atoms with Crippen molar-refractivity contribution < 1.29 is 9.90 Å². The van der Waals surface area contributed by atoms with E-state index in [1.54, 1.807) is 12.1 Å². The third-order valence-electron chi connectivity index (χ3n) is 2.67. The molecule has 0 amide bonds. The zero-order valence-corrected chi connectivity index (χ0v) is 10.9. The van der Waals surface area contributed by atoms with Crippen molar-refractivity contribution >= 4 is 17.2 Å². The first kappa shape index (κ1) is 14.2. The van der Waals surface area contributed by atoms with Crippen LogP contribution < -0.4 is 5.32 Å². The molecular weight excluding hydrogens is 272 g/mol. The average molecular weight is 284 g/mol. The zero-order valence-electron chi connectivity index (χ0n) is 10.9. The molecule has 3 N–H and O–H groups in total. The molecule has 1 heterocycles. The van der Waals surface area contributed by atoms with E-state index in [0.717, 1.165) is 11.3 Å². The number of aliphatic carboxylic acids is 1. The van der Waals surface area contributed by atoms with Crippen molar-refractivity contribution in [2.75, 3.05) is 5.32 Å². The highest BCUT2D eigenvalue weighted by atomic mass is 16.4. The summed E-state index contributed by atoms with van der Waals surface area (Å²) in [4.78, 5) is 10.5. The van der Waals surface area contributed by atoms with Crippen LogP contribution in [0.1, 0.15) is 17.8 Å². The van der Waals surface area contributed by atoms with Crippen molar-refractivity contribution in [2.45, 2.75) is 12.8 Å². The number of aromatic nitrogens is 4. The number of carboxylic acid groups (broad SMARTS) is 1. The predicted molar refractivity (Wildman–Crippen MR) is 73.8 cm³/mol. The molecule has 0 spiro atoms. The van der Waals surface area contributed by atoms with E-state index in [0.29, 0.717) is 6.42 Å². The minimum Gasteiger partial charge on any atom is -0.481 e. The van der Waals surface area contributed by atoms with Gasteiger partial charge in [0.1, 0.15) is 11.6 Å². The number of carboxylic acids is 1. The van der Waals surface area contributed by atoms with Gasteiger partial charge in [-0.3, -0.25) is 4.79 Å². The summed E-state index contributed by atoms with van der Waals surface area (Å²) >= 11 is 0. The summed E-state index contributed by atoms with van der Waals surface area (Å²) in [6, 6.07) is 9.24. The van der Waals surface area contributed by atoms with Gasteiger partial charge in [0.15, 0.2) is 0 Å². The van der Waals surface area contributed by atoms with E-state index in [9.17, 15) is 4.79 Å². The van der Waals surface area contributed by atoms with Crippen LogP contribution in [0.4, 0.5) is 5.69 Å². The highest BCUT2D eigenvalue weighted by molar-refractivity contribution is 5.74. The van der Waals surface area contributed by atoms with E-state index < -0.39 is 5.97 Å². The molecule has 0 aliphatic heterocycles. The summed E-state index contributed by atoms with van der Waals surface area (Å²) in [5, 5.41) is 33.7. The molecule has 0 radical (unpaired) electrons. The average Bonchev–Trinajstić information content (AvgIpc) is 3.01. The maximum absolute atomic E-state index is 10.5. The second-order valence-electron chi connectivity index (χ2n) is 4.14. The largest absolute Gasteiger partial charge is 0.481 e. The van der Waals surface area contributed by atoms with Crippen LogP contribution in [-0.2, 0) is 11.2 Å². The fraction of sp³-hybridized carbons (Fsp3) is 0.154. The topological polar surface area (TPSA) is 128 Å². The van der Waals surface area contributed by atoms with Crippen molar-refractivity contribution in [3.63, 3.8) is 0 Å². The lowest BCUT2D eigenvalue weighted by atomic mass is 10.1. The Morgan fingerprint density at radius 1 is 1.43 bits per heavy atom. The van der Waals surface area contributed by atoms with Crippen LogP contribution in [0.2, 0.25) is 0 Å². The molecule has 2 aromatic rings. The SMILES string of the molecule is N#CC(=CNc1ccc(CCC(=O)O)cc1)c1nn[nH]n1. The lowest BCUT2D eigenvalue weighted by Gasteiger charge is -2.03. The zero-order chi connectivity index (χ0) is 15.1. The number of allylic oxidation sites excluding steroid dienone is 1. The molecule has 0 saturated carbocycles. The van der Waals surface area contributed by atoms with Gasteiger partial charge in [0, 0.05) is 18.3 Å². The van der Waals surface area contributed by atoms with Crippen LogP contribution in [0.15, 0.2) is 30.5 Å². The van der Waals surface area contributed by atoms with Gasteiger partial charge in [0.25, 0.3) is 0 Å². The first-order valence-corrected chi connectivity index (χ1v) is 6.10. The summed E-state index contributed by atoms with van der Waals surface area (Å²) in [6.45, 7) is 0. The minimum absolute atomic E-state index is 0.100. The molecule has 0 unspecified atom stereocenters. The number of H-pyrrole nitrogens is 1. The molecule has 0 bridgehead atoms. The maximum Gasteiger partial charge on any atom is 0.303 e. The first-order chi connectivity index (χ1) is 10.2. The fourth-order valence-electron chi connectivity index (χ4n) is 1.60. The highest BCUT2D eigenvalue weighted by Crippen LogP contribution is 2.13. The van der Waals surface area contributed by atoms with E-state index in [-0.39, 0.29) is 17.8 Å². The molecule has 0 fully saturated rings. The molecule has 8 nitrogen and oxygen atoms in total.